The normalized spacial score (nSPS) is 32.0. The zero-order chi connectivity index (χ0) is 10.7. The lowest BCUT2D eigenvalue weighted by atomic mass is 10.1. The first-order valence-electron chi connectivity index (χ1n) is 6.50. The Bertz CT molecular complexity index is 181. The molecule has 88 valence electrons. The lowest BCUT2D eigenvalue weighted by molar-refractivity contribution is 0.0777. The van der Waals surface area contributed by atoms with Crippen molar-refractivity contribution in [3.63, 3.8) is 0 Å². The number of rotatable bonds is 3. The van der Waals surface area contributed by atoms with Crippen LogP contribution in [0.2, 0.25) is 0 Å². The predicted octanol–water partition coefficient (Wildman–Crippen LogP) is 0.764. The number of hydrogen-bond acceptors (Lipinski definition) is 3. The minimum absolute atomic E-state index is 0.772. The smallest absolute Gasteiger partial charge is 0.0233 e. The molecule has 1 N–H and O–H groups in total. The topological polar surface area (TPSA) is 18.5 Å². The molecule has 0 spiro atoms. The second kappa shape index (κ2) is 5.28. The van der Waals surface area contributed by atoms with Gasteiger partial charge in [-0.15, -0.1) is 0 Å². The third-order valence-corrected chi connectivity index (χ3v) is 4.11. The van der Waals surface area contributed by atoms with Crippen LogP contribution in [0.5, 0.6) is 0 Å². The molecule has 0 aliphatic carbocycles. The molecule has 0 bridgehead atoms. The Labute approximate surface area is 93.8 Å². The number of nitrogens with one attached hydrogen (secondary N) is 1. The molecule has 2 atom stereocenters. The van der Waals surface area contributed by atoms with Crippen molar-refractivity contribution in [1.82, 2.24) is 15.1 Å². The fraction of sp³-hybridized carbons (Fsp3) is 1.00. The molecule has 0 aromatic carbocycles. The third-order valence-electron chi connectivity index (χ3n) is 4.11. The van der Waals surface area contributed by atoms with Crippen molar-refractivity contribution in [2.45, 2.75) is 38.8 Å². The predicted molar refractivity (Wildman–Crippen MR) is 64.2 cm³/mol. The van der Waals surface area contributed by atoms with Crippen LogP contribution in [0.1, 0.15) is 26.7 Å². The van der Waals surface area contributed by atoms with Crippen LogP contribution < -0.4 is 5.32 Å². The van der Waals surface area contributed by atoms with E-state index < -0.39 is 0 Å². The van der Waals surface area contributed by atoms with Gasteiger partial charge in [0.2, 0.25) is 0 Å². The van der Waals surface area contributed by atoms with Crippen molar-refractivity contribution in [2.24, 2.45) is 0 Å². The zero-order valence-electron chi connectivity index (χ0n) is 10.2. The number of nitrogens with zero attached hydrogens (tertiary/aromatic N) is 2. The molecule has 0 aromatic heterocycles. The summed E-state index contributed by atoms with van der Waals surface area (Å²) in [5.41, 5.74) is 0. The molecular formula is C12H25N3. The first-order chi connectivity index (χ1) is 7.31. The summed E-state index contributed by atoms with van der Waals surface area (Å²) in [7, 11) is 0. The van der Waals surface area contributed by atoms with E-state index in [1.807, 2.05) is 0 Å². The molecule has 0 amide bonds. The lowest BCUT2D eigenvalue weighted by Crippen LogP contribution is -2.52. The molecule has 2 heterocycles. The summed E-state index contributed by atoms with van der Waals surface area (Å²) >= 11 is 0. The summed E-state index contributed by atoms with van der Waals surface area (Å²) in [5, 5.41) is 3.46. The molecule has 3 heteroatoms. The highest BCUT2D eigenvalue weighted by Crippen LogP contribution is 2.14. The SMILES string of the molecule is CCC(C)N1CCN(C2CCNC2)CC1. The summed E-state index contributed by atoms with van der Waals surface area (Å²) in [6.45, 7) is 12.2. The molecule has 3 nitrogen and oxygen atoms in total. The van der Waals surface area contributed by atoms with Crippen molar-refractivity contribution in [3.8, 4) is 0 Å². The van der Waals surface area contributed by atoms with Crippen LogP contribution in [0.4, 0.5) is 0 Å². The minimum Gasteiger partial charge on any atom is -0.315 e. The fourth-order valence-electron chi connectivity index (χ4n) is 2.75. The van der Waals surface area contributed by atoms with Crippen molar-refractivity contribution < 1.29 is 0 Å². The van der Waals surface area contributed by atoms with Crippen LogP contribution in [0.25, 0.3) is 0 Å². The summed E-state index contributed by atoms with van der Waals surface area (Å²) in [6, 6.07) is 1.60. The average molecular weight is 211 g/mol. The van der Waals surface area contributed by atoms with E-state index in [0.29, 0.717) is 0 Å². The van der Waals surface area contributed by atoms with Gasteiger partial charge in [-0.1, -0.05) is 6.92 Å². The Morgan fingerprint density at radius 2 is 2.00 bits per heavy atom. The second-order valence-electron chi connectivity index (χ2n) is 4.98. The Hall–Kier alpha value is -0.120. The molecule has 2 aliphatic rings. The summed E-state index contributed by atoms with van der Waals surface area (Å²) in [6.07, 6.45) is 2.63. The first-order valence-corrected chi connectivity index (χ1v) is 6.50. The van der Waals surface area contributed by atoms with Gasteiger partial charge in [0.1, 0.15) is 0 Å². The number of hydrogen-bond donors (Lipinski definition) is 1. The van der Waals surface area contributed by atoms with Gasteiger partial charge in [0.25, 0.3) is 0 Å². The highest BCUT2D eigenvalue weighted by Gasteiger charge is 2.26. The van der Waals surface area contributed by atoms with Gasteiger partial charge in [-0.3, -0.25) is 9.80 Å². The van der Waals surface area contributed by atoms with Crippen molar-refractivity contribution in [2.75, 3.05) is 39.3 Å². The van der Waals surface area contributed by atoms with E-state index in [2.05, 4.69) is 29.0 Å². The maximum Gasteiger partial charge on any atom is 0.0233 e. The largest absolute Gasteiger partial charge is 0.315 e. The Morgan fingerprint density at radius 1 is 1.27 bits per heavy atom. The van der Waals surface area contributed by atoms with Gasteiger partial charge in [-0.05, 0) is 26.3 Å². The fourth-order valence-corrected chi connectivity index (χ4v) is 2.75. The summed E-state index contributed by atoms with van der Waals surface area (Å²) in [5.74, 6) is 0. The quantitative estimate of drug-likeness (QED) is 0.744. The van der Waals surface area contributed by atoms with Gasteiger partial charge in [-0.25, -0.2) is 0 Å². The first kappa shape index (κ1) is 11.4. The molecule has 2 rings (SSSR count). The monoisotopic (exact) mass is 211 g/mol. The van der Waals surface area contributed by atoms with E-state index >= 15 is 0 Å². The standard InChI is InChI=1S/C12H25N3/c1-3-11(2)14-6-8-15(9-7-14)12-4-5-13-10-12/h11-13H,3-10H2,1-2H3. The highest BCUT2D eigenvalue weighted by atomic mass is 15.3. The second-order valence-corrected chi connectivity index (χ2v) is 4.98. The van der Waals surface area contributed by atoms with E-state index in [1.54, 1.807) is 0 Å². The van der Waals surface area contributed by atoms with Crippen LogP contribution in [-0.4, -0.2) is 61.2 Å². The lowest BCUT2D eigenvalue weighted by Gasteiger charge is -2.40. The maximum absolute atomic E-state index is 3.46. The van der Waals surface area contributed by atoms with Gasteiger partial charge >= 0.3 is 0 Å². The molecule has 0 radical (unpaired) electrons. The van der Waals surface area contributed by atoms with Gasteiger partial charge in [0.05, 0.1) is 0 Å². The molecular weight excluding hydrogens is 186 g/mol. The zero-order valence-corrected chi connectivity index (χ0v) is 10.2. The molecule has 2 aliphatic heterocycles. The average Bonchev–Trinajstić information content (AvgIpc) is 2.82. The van der Waals surface area contributed by atoms with Crippen LogP contribution >= 0.6 is 0 Å². The molecule has 0 aromatic rings. The van der Waals surface area contributed by atoms with Crippen LogP contribution in [0.3, 0.4) is 0 Å². The van der Waals surface area contributed by atoms with Gasteiger partial charge in [0.15, 0.2) is 0 Å². The Kier molecular flexibility index (Phi) is 4.00. The van der Waals surface area contributed by atoms with Crippen LogP contribution in [0, 0.1) is 0 Å². The number of piperazine rings is 1. The summed E-state index contributed by atoms with van der Waals surface area (Å²) in [4.78, 5) is 5.32. The molecule has 2 saturated heterocycles. The van der Waals surface area contributed by atoms with Crippen molar-refractivity contribution in [3.05, 3.63) is 0 Å². The van der Waals surface area contributed by atoms with Crippen LogP contribution in [0.15, 0.2) is 0 Å². The third kappa shape index (κ3) is 2.71. The molecule has 15 heavy (non-hydrogen) atoms. The van der Waals surface area contributed by atoms with E-state index in [9.17, 15) is 0 Å². The minimum atomic E-state index is 0.772. The Balaban J connectivity index is 1.76. The highest BCUT2D eigenvalue weighted by molar-refractivity contribution is 4.85. The van der Waals surface area contributed by atoms with E-state index in [1.165, 1.54) is 52.1 Å². The van der Waals surface area contributed by atoms with Gasteiger partial charge < -0.3 is 5.32 Å². The summed E-state index contributed by atoms with van der Waals surface area (Å²) < 4.78 is 0. The van der Waals surface area contributed by atoms with E-state index in [4.69, 9.17) is 0 Å². The van der Waals surface area contributed by atoms with E-state index in [0.717, 1.165) is 12.1 Å². The molecule has 2 unspecified atom stereocenters. The molecule has 2 fully saturated rings. The van der Waals surface area contributed by atoms with Gasteiger partial charge in [-0.2, -0.15) is 0 Å². The van der Waals surface area contributed by atoms with Gasteiger partial charge in [0, 0.05) is 44.8 Å². The molecule has 0 saturated carbocycles. The van der Waals surface area contributed by atoms with Crippen molar-refractivity contribution >= 4 is 0 Å². The van der Waals surface area contributed by atoms with Crippen LogP contribution in [-0.2, 0) is 0 Å². The Morgan fingerprint density at radius 3 is 2.53 bits per heavy atom. The maximum atomic E-state index is 3.46. The van der Waals surface area contributed by atoms with Crippen molar-refractivity contribution in [1.29, 1.82) is 0 Å². The van der Waals surface area contributed by atoms with E-state index in [-0.39, 0.29) is 0 Å².